The SMILES string of the molecule is O=C(Nc1cccc(F)c1C(=O)O)c1cc(F)ccc1Br. The van der Waals surface area contributed by atoms with Gasteiger partial charge in [-0.3, -0.25) is 4.79 Å². The summed E-state index contributed by atoms with van der Waals surface area (Å²) in [5.74, 6) is -3.86. The topological polar surface area (TPSA) is 66.4 Å². The number of carbonyl (C=O) groups excluding carboxylic acids is 1. The van der Waals surface area contributed by atoms with Crippen molar-refractivity contribution >= 4 is 33.5 Å². The normalized spacial score (nSPS) is 10.2. The Morgan fingerprint density at radius 2 is 1.86 bits per heavy atom. The van der Waals surface area contributed by atoms with Crippen LogP contribution in [0, 0.1) is 11.6 Å². The van der Waals surface area contributed by atoms with Crippen LogP contribution in [-0.4, -0.2) is 17.0 Å². The summed E-state index contributed by atoms with van der Waals surface area (Å²) in [6, 6.07) is 6.96. The molecule has 21 heavy (non-hydrogen) atoms. The summed E-state index contributed by atoms with van der Waals surface area (Å²) in [5.41, 5.74) is -0.891. The fourth-order valence-electron chi connectivity index (χ4n) is 1.71. The van der Waals surface area contributed by atoms with Crippen molar-refractivity contribution in [2.24, 2.45) is 0 Å². The van der Waals surface area contributed by atoms with E-state index in [-0.39, 0.29) is 11.3 Å². The second-order valence-corrected chi connectivity index (χ2v) is 4.90. The number of benzene rings is 2. The van der Waals surface area contributed by atoms with Gasteiger partial charge in [-0.05, 0) is 46.3 Å². The number of anilines is 1. The van der Waals surface area contributed by atoms with Crippen LogP contribution >= 0.6 is 15.9 Å². The molecule has 108 valence electrons. The highest BCUT2D eigenvalue weighted by atomic mass is 79.9. The lowest BCUT2D eigenvalue weighted by Gasteiger charge is -2.10. The third-order valence-electron chi connectivity index (χ3n) is 2.65. The van der Waals surface area contributed by atoms with Crippen molar-refractivity contribution < 1.29 is 23.5 Å². The van der Waals surface area contributed by atoms with Crippen molar-refractivity contribution in [2.45, 2.75) is 0 Å². The quantitative estimate of drug-likeness (QED) is 0.882. The summed E-state index contributed by atoms with van der Waals surface area (Å²) in [6.45, 7) is 0. The molecule has 0 unspecified atom stereocenters. The molecule has 2 N–H and O–H groups in total. The van der Waals surface area contributed by atoms with Gasteiger partial charge in [-0.15, -0.1) is 0 Å². The zero-order valence-corrected chi connectivity index (χ0v) is 11.9. The highest BCUT2D eigenvalue weighted by molar-refractivity contribution is 9.10. The second kappa shape index (κ2) is 6.01. The Labute approximate surface area is 126 Å². The number of nitrogens with one attached hydrogen (secondary N) is 1. The summed E-state index contributed by atoms with van der Waals surface area (Å²) < 4.78 is 27.0. The van der Waals surface area contributed by atoms with Gasteiger partial charge in [-0.2, -0.15) is 0 Å². The average Bonchev–Trinajstić information content (AvgIpc) is 2.41. The van der Waals surface area contributed by atoms with Gasteiger partial charge in [0.1, 0.15) is 17.2 Å². The minimum atomic E-state index is -1.51. The first kappa shape index (κ1) is 15.1. The van der Waals surface area contributed by atoms with Crippen molar-refractivity contribution in [2.75, 3.05) is 5.32 Å². The molecule has 4 nitrogen and oxygen atoms in total. The molecule has 0 atom stereocenters. The molecule has 0 aromatic heterocycles. The van der Waals surface area contributed by atoms with E-state index in [1.165, 1.54) is 18.2 Å². The van der Waals surface area contributed by atoms with Crippen LogP contribution in [0.4, 0.5) is 14.5 Å². The first-order chi connectivity index (χ1) is 9.90. The number of aromatic carboxylic acids is 1. The number of hydrogen-bond donors (Lipinski definition) is 2. The van der Waals surface area contributed by atoms with E-state index in [0.717, 1.165) is 18.2 Å². The average molecular weight is 356 g/mol. The number of carboxylic acids is 1. The molecule has 0 spiro atoms. The van der Waals surface area contributed by atoms with Gasteiger partial charge in [0.2, 0.25) is 0 Å². The van der Waals surface area contributed by atoms with Gasteiger partial charge < -0.3 is 10.4 Å². The van der Waals surface area contributed by atoms with Crippen LogP contribution in [0.25, 0.3) is 0 Å². The van der Waals surface area contributed by atoms with E-state index in [9.17, 15) is 18.4 Å². The van der Waals surface area contributed by atoms with Gasteiger partial charge >= 0.3 is 5.97 Å². The Hall–Kier alpha value is -2.28. The van der Waals surface area contributed by atoms with Gasteiger partial charge in [0.05, 0.1) is 11.3 Å². The van der Waals surface area contributed by atoms with Crippen LogP contribution in [0.2, 0.25) is 0 Å². The maximum atomic E-state index is 13.5. The Morgan fingerprint density at radius 3 is 2.52 bits per heavy atom. The predicted molar refractivity (Wildman–Crippen MR) is 75.4 cm³/mol. The monoisotopic (exact) mass is 355 g/mol. The smallest absolute Gasteiger partial charge is 0.340 e. The van der Waals surface area contributed by atoms with Gasteiger partial charge in [0.15, 0.2) is 0 Å². The van der Waals surface area contributed by atoms with Crippen LogP contribution < -0.4 is 5.32 Å². The molecular weight excluding hydrogens is 348 g/mol. The van der Waals surface area contributed by atoms with Gasteiger partial charge in [0, 0.05) is 4.47 Å². The van der Waals surface area contributed by atoms with Crippen molar-refractivity contribution in [1.29, 1.82) is 0 Å². The second-order valence-electron chi connectivity index (χ2n) is 4.05. The maximum absolute atomic E-state index is 13.5. The van der Waals surface area contributed by atoms with E-state index in [4.69, 9.17) is 5.11 Å². The summed E-state index contributed by atoms with van der Waals surface area (Å²) in [7, 11) is 0. The Morgan fingerprint density at radius 1 is 1.14 bits per heavy atom. The molecule has 0 heterocycles. The molecule has 0 fully saturated rings. The summed E-state index contributed by atoms with van der Waals surface area (Å²) in [5, 5.41) is 11.2. The number of rotatable bonds is 3. The van der Waals surface area contributed by atoms with E-state index in [1.54, 1.807) is 0 Å². The minimum absolute atomic E-state index is 0.0319. The maximum Gasteiger partial charge on any atom is 0.340 e. The summed E-state index contributed by atoms with van der Waals surface area (Å²) in [6.07, 6.45) is 0. The molecule has 0 saturated carbocycles. The molecule has 2 aromatic rings. The molecule has 0 radical (unpaired) electrons. The summed E-state index contributed by atoms with van der Waals surface area (Å²) >= 11 is 3.09. The van der Waals surface area contributed by atoms with E-state index in [2.05, 4.69) is 21.2 Å². The summed E-state index contributed by atoms with van der Waals surface area (Å²) in [4.78, 5) is 23.1. The lowest BCUT2D eigenvalue weighted by molar-refractivity contribution is 0.0693. The highest BCUT2D eigenvalue weighted by Gasteiger charge is 2.19. The van der Waals surface area contributed by atoms with Crippen molar-refractivity contribution in [3.63, 3.8) is 0 Å². The number of amides is 1. The van der Waals surface area contributed by atoms with Crippen molar-refractivity contribution in [1.82, 2.24) is 0 Å². The van der Waals surface area contributed by atoms with Gasteiger partial charge in [-0.25, -0.2) is 13.6 Å². The zero-order valence-electron chi connectivity index (χ0n) is 10.4. The molecule has 0 aliphatic rings. The number of halogens is 3. The third kappa shape index (κ3) is 3.25. The fourth-order valence-corrected chi connectivity index (χ4v) is 2.13. The van der Waals surface area contributed by atoms with Crippen LogP contribution in [0.15, 0.2) is 40.9 Å². The van der Waals surface area contributed by atoms with Crippen LogP contribution in [0.3, 0.4) is 0 Å². The zero-order chi connectivity index (χ0) is 15.6. The van der Waals surface area contributed by atoms with E-state index in [1.807, 2.05) is 0 Å². The number of hydrogen-bond acceptors (Lipinski definition) is 2. The first-order valence-electron chi connectivity index (χ1n) is 5.68. The lowest BCUT2D eigenvalue weighted by Crippen LogP contribution is -2.16. The number of carboxylic acid groups (broad SMARTS) is 1. The largest absolute Gasteiger partial charge is 0.478 e. The van der Waals surface area contributed by atoms with E-state index in [0.29, 0.717) is 4.47 Å². The molecular formula is C14H8BrF2NO3. The molecule has 0 bridgehead atoms. The van der Waals surface area contributed by atoms with Crippen LogP contribution in [-0.2, 0) is 0 Å². The molecule has 1 amide bonds. The molecule has 2 rings (SSSR count). The van der Waals surface area contributed by atoms with Gasteiger partial charge in [0.25, 0.3) is 5.91 Å². The van der Waals surface area contributed by atoms with Gasteiger partial charge in [-0.1, -0.05) is 6.07 Å². The first-order valence-corrected chi connectivity index (χ1v) is 6.47. The Kier molecular flexibility index (Phi) is 4.32. The molecule has 2 aromatic carbocycles. The molecule has 0 aliphatic carbocycles. The third-order valence-corrected chi connectivity index (χ3v) is 3.34. The van der Waals surface area contributed by atoms with Crippen LogP contribution in [0.1, 0.15) is 20.7 Å². The predicted octanol–water partition coefficient (Wildman–Crippen LogP) is 3.68. The number of carbonyl (C=O) groups is 2. The standard InChI is InChI=1S/C14H8BrF2NO3/c15-9-5-4-7(16)6-8(9)13(19)18-11-3-1-2-10(17)12(11)14(20)21/h1-6H,(H,18,19)(H,20,21). The Balaban J connectivity index is 2.39. The van der Waals surface area contributed by atoms with Crippen molar-refractivity contribution in [3.05, 3.63) is 63.6 Å². The fraction of sp³-hybridized carbons (Fsp3) is 0. The molecule has 0 aliphatic heterocycles. The van der Waals surface area contributed by atoms with E-state index >= 15 is 0 Å². The molecule has 7 heteroatoms. The van der Waals surface area contributed by atoms with Crippen LogP contribution in [0.5, 0.6) is 0 Å². The highest BCUT2D eigenvalue weighted by Crippen LogP contribution is 2.22. The van der Waals surface area contributed by atoms with Crippen molar-refractivity contribution in [3.8, 4) is 0 Å². The Bertz CT molecular complexity index is 734. The molecule has 0 saturated heterocycles. The van der Waals surface area contributed by atoms with E-state index < -0.39 is 29.1 Å². The minimum Gasteiger partial charge on any atom is -0.478 e. The lowest BCUT2D eigenvalue weighted by atomic mass is 10.1.